The molecule has 7 nitrogen and oxygen atoms in total. The molecule has 2 heterocycles. The Bertz CT molecular complexity index is 436. The fourth-order valence-corrected chi connectivity index (χ4v) is 1.59. The minimum Gasteiger partial charge on any atom is -0.481 e. The summed E-state index contributed by atoms with van der Waals surface area (Å²) in [6, 6.07) is 1.50. The zero-order valence-electron chi connectivity index (χ0n) is 9.25. The molecule has 0 aliphatic carbocycles. The van der Waals surface area contributed by atoms with Gasteiger partial charge in [0.25, 0.3) is 5.91 Å². The van der Waals surface area contributed by atoms with E-state index in [0.717, 1.165) is 0 Å². The monoisotopic (exact) mass is 240 g/mol. The zero-order chi connectivity index (χ0) is 12.4. The summed E-state index contributed by atoms with van der Waals surface area (Å²) in [5.41, 5.74) is 0.181. The summed E-state index contributed by atoms with van der Waals surface area (Å²) in [7, 11) is 1.51. The van der Waals surface area contributed by atoms with Gasteiger partial charge in [-0.15, -0.1) is 0 Å². The lowest BCUT2D eigenvalue weighted by atomic mass is 10.0. The third-order valence-electron chi connectivity index (χ3n) is 2.58. The number of hydrogen-bond acceptors (Lipinski definition) is 5. The Kier molecular flexibility index (Phi) is 3.10. The first-order valence-corrected chi connectivity index (χ1v) is 5.08. The Morgan fingerprint density at radius 2 is 2.35 bits per heavy atom. The second-order valence-electron chi connectivity index (χ2n) is 3.86. The number of carboxylic acids is 1. The van der Waals surface area contributed by atoms with E-state index in [1.54, 1.807) is 0 Å². The Morgan fingerprint density at radius 1 is 1.65 bits per heavy atom. The molecule has 1 aliphatic rings. The van der Waals surface area contributed by atoms with E-state index in [2.05, 4.69) is 5.16 Å². The van der Waals surface area contributed by atoms with Crippen LogP contribution in [0.2, 0.25) is 0 Å². The van der Waals surface area contributed by atoms with Gasteiger partial charge in [-0.25, -0.2) is 0 Å². The number of rotatable bonds is 4. The molecule has 0 aromatic carbocycles. The van der Waals surface area contributed by atoms with Crippen LogP contribution in [0.4, 0.5) is 0 Å². The van der Waals surface area contributed by atoms with Crippen molar-refractivity contribution in [2.45, 2.75) is 6.61 Å². The second kappa shape index (κ2) is 4.54. The van der Waals surface area contributed by atoms with E-state index in [4.69, 9.17) is 14.4 Å². The number of methoxy groups -OCH3 is 1. The van der Waals surface area contributed by atoms with Crippen molar-refractivity contribution in [2.24, 2.45) is 5.92 Å². The summed E-state index contributed by atoms with van der Waals surface area (Å²) in [4.78, 5) is 23.8. The number of hydrogen-bond donors (Lipinski definition) is 1. The SMILES string of the molecule is COCc1cc(C(=O)N2CC(C(=O)O)C2)no1. The first-order valence-electron chi connectivity index (χ1n) is 5.08. The number of likely N-dealkylation sites (tertiary alicyclic amines) is 1. The van der Waals surface area contributed by atoms with E-state index >= 15 is 0 Å². The van der Waals surface area contributed by atoms with Gasteiger partial charge in [0.05, 0.1) is 5.92 Å². The van der Waals surface area contributed by atoms with Crippen molar-refractivity contribution < 1.29 is 24.0 Å². The highest BCUT2D eigenvalue weighted by Crippen LogP contribution is 2.18. The van der Waals surface area contributed by atoms with Crippen LogP contribution in [0.1, 0.15) is 16.2 Å². The van der Waals surface area contributed by atoms with Crippen LogP contribution in [0.5, 0.6) is 0 Å². The molecule has 1 amide bonds. The zero-order valence-corrected chi connectivity index (χ0v) is 9.25. The van der Waals surface area contributed by atoms with E-state index in [-0.39, 0.29) is 31.3 Å². The highest BCUT2D eigenvalue weighted by Gasteiger charge is 2.36. The average molecular weight is 240 g/mol. The van der Waals surface area contributed by atoms with Crippen LogP contribution in [0, 0.1) is 5.92 Å². The van der Waals surface area contributed by atoms with Crippen molar-refractivity contribution in [3.05, 3.63) is 17.5 Å². The van der Waals surface area contributed by atoms with Crippen molar-refractivity contribution in [1.29, 1.82) is 0 Å². The van der Waals surface area contributed by atoms with E-state index in [0.29, 0.717) is 5.76 Å². The van der Waals surface area contributed by atoms with Gasteiger partial charge in [-0.2, -0.15) is 0 Å². The largest absolute Gasteiger partial charge is 0.481 e. The lowest BCUT2D eigenvalue weighted by Crippen LogP contribution is -2.53. The predicted octanol–water partition coefficient (Wildman–Crippen LogP) is -0.0224. The Hall–Kier alpha value is -1.89. The second-order valence-corrected chi connectivity index (χ2v) is 3.86. The summed E-state index contributed by atoms with van der Waals surface area (Å²) < 4.78 is 9.71. The van der Waals surface area contributed by atoms with Gasteiger partial charge >= 0.3 is 5.97 Å². The molecule has 0 saturated carbocycles. The topological polar surface area (TPSA) is 92.9 Å². The van der Waals surface area contributed by atoms with E-state index < -0.39 is 11.9 Å². The van der Waals surface area contributed by atoms with Crippen LogP contribution in [0.3, 0.4) is 0 Å². The Morgan fingerprint density at radius 3 is 2.94 bits per heavy atom. The first-order chi connectivity index (χ1) is 8.11. The van der Waals surface area contributed by atoms with Gasteiger partial charge in [-0.3, -0.25) is 9.59 Å². The molecule has 2 rings (SSSR count). The maximum atomic E-state index is 11.8. The molecule has 1 aromatic heterocycles. The molecular weight excluding hydrogens is 228 g/mol. The van der Waals surface area contributed by atoms with Gasteiger partial charge in [-0.05, 0) is 0 Å². The fourth-order valence-electron chi connectivity index (χ4n) is 1.59. The average Bonchev–Trinajstić information content (AvgIpc) is 2.63. The summed E-state index contributed by atoms with van der Waals surface area (Å²) in [5, 5.41) is 12.3. The minimum absolute atomic E-state index is 0.181. The molecule has 1 aliphatic heterocycles. The maximum absolute atomic E-state index is 11.8. The lowest BCUT2D eigenvalue weighted by Gasteiger charge is -2.35. The van der Waals surface area contributed by atoms with Crippen LogP contribution in [0.15, 0.2) is 10.6 Å². The molecule has 0 atom stereocenters. The number of amides is 1. The van der Waals surface area contributed by atoms with E-state index in [1.165, 1.54) is 18.1 Å². The summed E-state index contributed by atoms with van der Waals surface area (Å²) >= 11 is 0. The van der Waals surface area contributed by atoms with Crippen LogP contribution in [0.25, 0.3) is 0 Å². The van der Waals surface area contributed by atoms with Gasteiger partial charge in [0, 0.05) is 26.3 Å². The smallest absolute Gasteiger partial charge is 0.310 e. The Balaban J connectivity index is 1.94. The molecule has 0 radical (unpaired) electrons. The molecule has 17 heavy (non-hydrogen) atoms. The lowest BCUT2D eigenvalue weighted by molar-refractivity contribution is -0.146. The van der Waals surface area contributed by atoms with Crippen LogP contribution < -0.4 is 0 Å². The van der Waals surface area contributed by atoms with Gasteiger partial charge in [0.1, 0.15) is 6.61 Å². The van der Waals surface area contributed by atoms with Crippen molar-refractivity contribution >= 4 is 11.9 Å². The number of carboxylic acid groups (broad SMARTS) is 1. The van der Waals surface area contributed by atoms with Crippen LogP contribution in [-0.2, 0) is 16.1 Å². The fraction of sp³-hybridized carbons (Fsp3) is 0.500. The molecule has 0 spiro atoms. The molecule has 1 fully saturated rings. The highest BCUT2D eigenvalue weighted by atomic mass is 16.5. The van der Waals surface area contributed by atoms with E-state index in [9.17, 15) is 9.59 Å². The summed E-state index contributed by atoms with van der Waals surface area (Å²) in [6.07, 6.45) is 0. The number of carbonyl (C=O) groups is 2. The number of nitrogens with zero attached hydrogens (tertiary/aromatic N) is 2. The standard InChI is InChI=1S/C10H12N2O5/c1-16-5-7-2-8(11-17-7)9(13)12-3-6(4-12)10(14)15/h2,6H,3-5H2,1H3,(H,14,15). The van der Waals surface area contributed by atoms with Crippen molar-refractivity contribution in [2.75, 3.05) is 20.2 Å². The number of aromatic nitrogens is 1. The van der Waals surface area contributed by atoms with E-state index in [1.807, 2.05) is 0 Å². The number of ether oxygens (including phenoxy) is 1. The molecule has 0 unspecified atom stereocenters. The summed E-state index contributed by atoms with van der Waals surface area (Å²) in [5.74, 6) is -1.20. The number of aliphatic carboxylic acids is 1. The molecule has 7 heteroatoms. The quantitative estimate of drug-likeness (QED) is 0.794. The molecule has 1 N–H and O–H groups in total. The molecule has 92 valence electrons. The number of carbonyl (C=O) groups excluding carboxylic acids is 1. The molecule has 1 saturated heterocycles. The molecule has 0 bridgehead atoms. The van der Waals surface area contributed by atoms with Crippen molar-refractivity contribution in [3.63, 3.8) is 0 Å². The van der Waals surface area contributed by atoms with Crippen molar-refractivity contribution in [1.82, 2.24) is 10.1 Å². The maximum Gasteiger partial charge on any atom is 0.310 e. The highest BCUT2D eigenvalue weighted by molar-refractivity contribution is 5.93. The van der Waals surface area contributed by atoms with Crippen LogP contribution in [-0.4, -0.2) is 47.2 Å². The first kappa shape index (κ1) is 11.6. The minimum atomic E-state index is -0.880. The van der Waals surface area contributed by atoms with Crippen molar-refractivity contribution in [3.8, 4) is 0 Å². The van der Waals surface area contributed by atoms with Crippen LogP contribution >= 0.6 is 0 Å². The predicted molar refractivity (Wildman–Crippen MR) is 54.2 cm³/mol. The third kappa shape index (κ3) is 2.28. The molecule has 1 aromatic rings. The third-order valence-corrected chi connectivity index (χ3v) is 2.58. The Labute approximate surface area is 96.9 Å². The van der Waals surface area contributed by atoms with Gasteiger partial charge in [0.2, 0.25) is 0 Å². The van der Waals surface area contributed by atoms with Gasteiger partial charge < -0.3 is 19.3 Å². The normalized spacial score (nSPS) is 15.7. The van der Waals surface area contributed by atoms with Gasteiger partial charge in [-0.1, -0.05) is 5.16 Å². The van der Waals surface area contributed by atoms with Gasteiger partial charge in [0.15, 0.2) is 11.5 Å². The summed E-state index contributed by atoms with van der Waals surface area (Å²) in [6.45, 7) is 0.694. The molecular formula is C10H12N2O5.